The maximum atomic E-state index is 10.4. The molecule has 0 aromatic carbocycles. The summed E-state index contributed by atoms with van der Waals surface area (Å²) in [5.74, 6) is -0.299. The topological polar surface area (TPSA) is 75.1 Å². The molecule has 1 heterocycles. The molecule has 0 saturated carbocycles. The third kappa shape index (κ3) is 3.84. The van der Waals surface area contributed by atoms with Gasteiger partial charge >= 0.3 is 5.97 Å². The van der Waals surface area contributed by atoms with Crippen molar-refractivity contribution < 1.29 is 9.90 Å². The number of carbonyl (C=O) groups is 1. The molecule has 2 N–H and O–H groups in total. The van der Waals surface area contributed by atoms with Crippen LogP contribution >= 0.6 is 0 Å². The fourth-order valence-electron chi connectivity index (χ4n) is 1.28. The van der Waals surface area contributed by atoms with E-state index in [9.17, 15) is 4.79 Å². The van der Waals surface area contributed by atoms with E-state index in [-0.39, 0.29) is 6.42 Å². The summed E-state index contributed by atoms with van der Waals surface area (Å²) in [4.78, 5) is 18.9. The average Bonchev–Trinajstić information content (AvgIpc) is 2.28. The van der Waals surface area contributed by atoms with E-state index in [1.807, 2.05) is 19.9 Å². The summed E-state index contributed by atoms with van der Waals surface area (Å²) in [5.41, 5.74) is 1.95. The van der Waals surface area contributed by atoms with E-state index in [2.05, 4.69) is 15.3 Å². The molecular formula is C11H17N3O2. The molecule has 0 atom stereocenters. The third-order valence-corrected chi connectivity index (χ3v) is 2.18. The standard InChI is InChI=1S/C11H17N3O2/c1-3-8-7-9(4-2)14-11(13-8)12-6-5-10(15)16/h7H,3-6H2,1-2H3,(H,15,16)(H,12,13,14). The number of anilines is 1. The minimum Gasteiger partial charge on any atom is -0.481 e. The predicted molar refractivity (Wildman–Crippen MR) is 61.5 cm³/mol. The number of nitrogens with zero attached hydrogens (tertiary/aromatic N) is 2. The first-order valence-corrected chi connectivity index (χ1v) is 5.48. The van der Waals surface area contributed by atoms with Crippen molar-refractivity contribution in [2.75, 3.05) is 11.9 Å². The normalized spacial score (nSPS) is 10.1. The van der Waals surface area contributed by atoms with E-state index in [1.54, 1.807) is 0 Å². The Balaban J connectivity index is 2.67. The molecule has 0 amide bonds. The maximum absolute atomic E-state index is 10.4. The Morgan fingerprint density at radius 3 is 2.31 bits per heavy atom. The van der Waals surface area contributed by atoms with Crippen LogP contribution in [0.15, 0.2) is 6.07 Å². The van der Waals surface area contributed by atoms with Crippen molar-refractivity contribution >= 4 is 11.9 Å². The molecule has 0 bridgehead atoms. The second kappa shape index (κ2) is 6.05. The van der Waals surface area contributed by atoms with Gasteiger partial charge in [0.05, 0.1) is 6.42 Å². The van der Waals surface area contributed by atoms with Gasteiger partial charge in [0, 0.05) is 17.9 Å². The van der Waals surface area contributed by atoms with Gasteiger partial charge in [0.2, 0.25) is 5.95 Å². The second-order valence-corrected chi connectivity index (χ2v) is 3.45. The number of carboxylic acid groups (broad SMARTS) is 1. The van der Waals surface area contributed by atoms with E-state index >= 15 is 0 Å². The first-order valence-electron chi connectivity index (χ1n) is 5.48. The summed E-state index contributed by atoms with van der Waals surface area (Å²) in [6, 6.07) is 1.97. The van der Waals surface area contributed by atoms with Gasteiger partial charge in [0.1, 0.15) is 0 Å². The van der Waals surface area contributed by atoms with Gasteiger partial charge in [-0.1, -0.05) is 13.8 Å². The number of rotatable bonds is 6. The summed E-state index contributed by atoms with van der Waals surface area (Å²) >= 11 is 0. The third-order valence-electron chi connectivity index (χ3n) is 2.18. The van der Waals surface area contributed by atoms with E-state index in [0.29, 0.717) is 12.5 Å². The number of aromatic nitrogens is 2. The molecule has 16 heavy (non-hydrogen) atoms. The zero-order valence-corrected chi connectivity index (χ0v) is 9.66. The van der Waals surface area contributed by atoms with Crippen LogP contribution in [0, 0.1) is 0 Å². The van der Waals surface area contributed by atoms with Crippen LogP contribution in [0.5, 0.6) is 0 Å². The largest absolute Gasteiger partial charge is 0.481 e. The lowest BCUT2D eigenvalue weighted by Gasteiger charge is -2.07. The zero-order valence-electron chi connectivity index (χ0n) is 9.66. The highest BCUT2D eigenvalue weighted by molar-refractivity contribution is 5.67. The Bertz CT molecular complexity index is 344. The minimum absolute atomic E-state index is 0.0706. The van der Waals surface area contributed by atoms with Gasteiger partial charge in [0.15, 0.2) is 0 Å². The molecule has 5 nitrogen and oxygen atoms in total. The summed E-state index contributed by atoms with van der Waals surface area (Å²) in [7, 11) is 0. The number of aliphatic carboxylic acids is 1. The lowest BCUT2D eigenvalue weighted by atomic mass is 10.2. The number of nitrogens with one attached hydrogen (secondary N) is 1. The van der Waals surface area contributed by atoms with Gasteiger partial charge < -0.3 is 10.4 Å². The molecule has 1 aromatic heterocycles. The molecule has 0 aliphatic heterocycles. The van der Waals surface area contributed by atoms with Crippen LogP contribution in [0.25, 0.3) is 0 Å². The van der Waals surface area contributed by atoms with Crippen molar-refractivity contribution in [1.29, 1.82) is 0 Å². The highest BCUT2D eigenvalue weighted by Gasteiger charge is 2.03. The molecule has 1 aromatic rings. The van der Waals surface area contributed by atoms with E-state index in [0.717, 1.165) is 24.2 Å². The van der Waals surface area contributed by atoms with Crippen molar-refractivity contribution in [2.24, 2.45) is 0 Å². The highest BCUT2D eigenvalue weighted by atomic mass is 16.4. The molecule has 0 saturated heterocycles. The number of hydrogen-bond donors (Lipinski definition) is 2. The first kappa shape index (κ1) is 12.4. The fraction of sp³-hybridized carbons (Fsp3) is 0.545. The van der Waals surface area contributed by atoms with Crippen molar-refractivity contribution in [3.8, 4) is 0 Å². The number of carboxylic acids is 1. The Morgan fingerprint density at radius 1 is 1.31 bits per heavy atom. The number of hydrogen-bond acceptors (Lipinski definition) is 4. The molecule has 0 fully saturated rings. The summed E-state index contributed by atoms with van der Waals surface area (Å²) < 4.78 is 0. The van der Waals surface area contributed by atoms with E-state index < -0.39 is 5.97 Å². The van der Waals surface area contributed by atoms with Crippen molar-refractivity contribution in [1.82, 2.24) is 9.97 Å². The predicted octanol–water partition coefficient (Wildman–Crippen LogP) is 1.49. The first-order chi connectivity index (χ1) is 7.65. The molecule has 0 radical (unpaired) electrons. The summed E-state index contributed by atoms with van der Waals surface area (Å²) in [5, 5.41) is 11.4. The van der Waals surface area contributed by atoms with Gasteiger partial charge in [-0.05, 0) is 18.9 Å². The Labute approximate surface area is 94.9 Å². The smallest absolute Gasteiger partial charge is 0.305 e. The Morgan fingerprint density at radius 2 is 1.88 bits per heavy atom. The van der Waals surface area contributed by atoms with Gasteiger partial charge in [-0.15, -0.1) is 0 Å². The van der Waals surface area contributed by atoms with Crippen molar-refractivity contribution in [2.45, 2.75) is 33.1 Å². The van der Waals surface area contributed by atoms with Gasteiger partial charge in [-0.2, -0.15) is 0 Å². The van der Waals surface area contributed by atoms with Crippen LogP contribution in [0.3, 0.4) is 0 Å². The van der Waals surface area contributed by atoms with Crippen LogP contribution in [0.1, 0.15) is 31.7 Å². The molecule has 0 spiro atoms. The maximum Gasteiger partial charge on any atom is 0.305 e. The Hall–Kier alpha value is -1.65. The molecular weight excluding hydrogens is 206 g/mol. The molecule has 0 aliphatic rings. The van der Waals surface area contributed by atoms with Crippen LogP contribution < -0.4 is 5.32 Å². The fourth-order valence-corrected chi connectivity index (χ4v) is 1.28. The molecule has 1 rings (SSSR count). The molecule has 0 unspecified atom stereocenters. The van der Waals surface area contributed by atoms with Crippen molar-refractivity contribution in [3.63, 3.8) is 0 Å². The van der Waals surface area contributed by atoms with Crippen LogP contribution in [0.2, 0.25) is 0 Å². The quantitative estimate of drug-likeness (QED) is 0.764. The van der Waals surface area contributed by atoms with Gasteiger partial charge in [0.25, 0.3) is 0 Å². The Kier molecular flexibility index (Phi) is 4.69. The monoisotopic (exact) mass is 223 g/mol. The van der Waals surface area contributed by atoms with Crippen LogP contribution in [-0.2, 0) is 17.6 Å². The summed E-state index contributed by atoms with van der Waals surface area (Å²) in [6.45, 7) is 4.41. The molecule has 0 aliphatic carbocycles. The molecule has 88 valence electrons. The molecule has 5 heteroatoms. The zero-order chi connectivity index (χ0) is 12.0. The van der Waals surface area contributed by atoms with E-state index in [1.165, 1.54) is 0 Å². The van der Waals surface area contributed by atoms with Gasteiger partial charge in [-0.3, -0.25) is 4.79 Å². The van der Waals surface area contributed by atoms with Gasteiger partial charge in [-0.25, -0.2) is 9.97 Å². The summed E-state index contributed by atoms with van der Waals surface area (Å²) in [6.07, 6.45) is 1.77. The highest BCUT2D eigenvalue weighted by Crippen LogP contribution is 2.07. The average molecular weight is 223 g/mol. The lowest BCUT2D eigenvalue weighted by molar-refractivity contribution is -0.136. The SMILES string of the molecule is CCc1cc(CC)nc(NCCC(=O)O)n1. The van der Waals surface area contributed by atoms with Crippen LogP contribution in [0.4, 0.5) is 5.95 Å². The second-order valence-electron chi connectivity index (χ2n) is 3.45. The lowest BCUT2D eigenvalue weighted by Crippen LogP contribution is -2.11. The minimum atomic E-state index is -0.824. The van der Waals surface area contributed by atoms with Crippen molar-refractivity contribution in [3.05, 3.63) is 17.5 Å². The van der Waals surface area contributed by atoms with Crippen LogP contribution in [-0.4, -0.2) is 27.6 Å². The number of aryl methyl sites for hydroxylation is 2. The van der Waals surface area contributed by atoms with E-state index in [4.69, 9.17) is 5.11 Å².